The van der Waals surface area contributed by atoms with Gasteiger partial charge in [-0.25, -0.2) is 0 Å². The molecule has 0 spiro atoms. The molecule has 1 N–H and O–H groups in total. The number of carbonyl (C=O) groups is 2. The Kier molecular flexibility index (Phi) is 6.20. The minimum absolute atomic E-state index is 0.0161. The zero-order valence-electron chi connectivity index (χ0n) is 14.0. The molecule has 2 fully saturated rings. The summed E-state index contributed by atoms with van der Waals surface area (Å²) in [7, 11) is 0. The average molecular weight is 385 g/mol. The molecule has 0 radical (unpaired) electrons. The van der Waals surface area contributed by atoms with E-state index in [1.165, 1.54) is 0 Å². The van der Waals surface area contributed by atoms with E-state index in [4.69, 9.17) is 27.9 Å². The van der Waals surface area contributed by atoms with Gasteiger partial charge in [-0.2, -0.15) is 0 Å². The first-order chi connectivity index (χ1) is 12.0. The van der Waals surface area contributed by atoms with Crippen molar-refractivity contribution in [2.75, 3.05) is 26.2 Å². The van der Waals surface area contributed by atoms with Crippen molar-refractivity contribution in [2.24, 2.45) is 5.92 Å². The van der Waals surface area contributed by atoms with E-state index in [9.17, 15) is 9.59 Å². The Hall–Kier alpha value is -1.30. The molecule has 5 nitrogen and oxygen atoms in total. The molecule has 2 unspecified atom stereocenters. The van der Waals surface area contributed by atoms with Crippen molar-refractivity contribution in [3.63, 3.8) is 0 Å². The van der Waals surface area contributed by atoms with Crippen LogP contribution in [0.1, 0.15) is 24.8 Å². The Labute approximate surface area is 157 Å². The zero-order chi connectivity index (χ0) is 17.8. The summed E-state index contributed by atoms with van der Waals surface area (Å²) in [5, 5.41) is 4.11. The Balaban J connectivity index is 1.47. The van der Waals surface area contributed by atoms with Crippen LogP contribution in [-0.4, -0.2) is 49.1 Å². The highest BCUT2D eigenvalue weighted by atomic mass is 35.5. The Morgan fingerprint density at radius 1 is 1.36 bits per heavy atom. The van der Waals surface area contributed by atoms with E-state index in [1.807, 2.05) is 6.07 Å². The topological polar surface area (TPSA) is 58.6 Å². The number of halogens is 2. The second-order valence-electron chi connectivity index (χ2n) is 6.61. The molecule has 2 aliphatic rings. The molecule has 0 aromatic heterocycles. The van der Waals surface area contributed by atoms with Crippen molar-refractivity contribution in [2.45, 2.75) is 31.8 Å². The van der Waals surface area contributed by atoms with Gasteiger partial charge in [-0.1, -0.05) is 29.3 Å². The molecule has 0 aliphatic carbocycles. The Morgan fingerprint density at radius 3 is 2.92 bits per heavy atom. The highest BCUT2D eigenvalue weighted by Gasteiger charge is 2.34. The van der Waals surface area contributed by atoms with Gasteiger partial charge in [0.2, 0.25) is 11.8 Å². The molecule has 3 rings (SSSR count). The van der Waals surface area contributed by atoms with E-state index in [1.54, 1.807) is 17.0 Å². The minimum Gasteiger partial charge on any atom is -0.376 e. The van der Waals surface area contributed by atoms with Gasteiger partial charge in [0.1, 0.15) is 0 Å². The third-order valence-corrected chi connectivity index (χ3v) is 5.37. The van der Waals surface area contributed by atoms with Crippen LogP contribution in [0.15, 0.2) is 18.2 Å². The summed E-state index contributed by atoms with van der Waals surface area (Å²) in [6.07, 6.45) is 3.06. The molecule has 7 heteroatoms. The van der Waals surface area contributed by atoms with E-state index in [2.05, 4.69) is 5.32 Å². The first-order valence-electron chi connectivity index (χ1n) is 8.64. The smallest absolute Gasteiger partial charge is 0.225 e. The van der Waals surface area contributed by atoms with Crippen LogP contribution in [0.2, 0.25) is 10.0 Å². The standard InChI is InChI=1S/C18H22Cl2N2O3/c19-14-4-3-12(16(20)9-14)5-6-22-11-13(8-17(22)23)18(24)21-10-15-2-1-7-25-15/h3-4,9,13,15H,1-2,5-8,10-11H2,(H,21,24). The van der Waals surface area contributed by atoms with Gasteiger partial charge in [0.05, 0.1) is 12.0 Å². The van der Waals surface area contributed by atoms with Gasteiger partial charge < -0.3 is 15.0 Å². The monoisotopic (exact) mass is 384 g/mol. The molecule has 2 atom stereocenters. The third kappa shape index (κ3) is 4.87. The third-order valence-electron chi connectivity index (χ3n) is 4.78. The summed E-state index contributed by atoms with van der Waals surface area (Å²) in [4.78, 5) is 26.2. The molecule has 136 valence electrons. The fraction of sp³-hybridized carbons (Fsp3) is 0.556. The van der Waals surface area contributed by atoms with Crippen molar-refractivity contribution < 1.29 is 14.3 Å². The fourth-order valence-electron chi connectivity index (χ4n) is 3.31. The van der Waals surface area contributed by atoms with Crippen LogP contribution in [0.5, 0.6) is 0 Å². The van der Waals surface area contributed by atoms with Gasteiger partial charge in [-0.15, -0.1) is 0 Å². The normalized spacial score (nSPS) is 23.3. The predicted octanol–water partition coefficient (Wildman–Crippen LogP) is 2.68. The van der Waals surface area contributed by atoms with Crippen LogP contribution in [0.25, 0.3) is 0 Å². The highest BCUT2D eigenvalue weighted by Crippen LogP contribution is 2.23. The Morgan fingerprint density at radius 2 is 2.20 bits per heavy atom. The summed E-state index contributed by atoms with van der Waals surface area (Å²) >= 11 is 12.1. The maximum absolute atomic E-state index is 12.3. The molecular weight excluding hydrogens is 363 g/mol. The molecule has 2 aliphatic heterocycles. The van der Waals surface area contributed by atoms with E-state index >= 15 is 0 Å². The quantitative estimate of drug-likeness (QED) is 0.819. The number of likely N-dealkylation sites (tertiary alicyclic amines) is 1. The molecule has 2 saturated heterocycles. The largest absolute Gasteiger partial charge is 0.376 e. The van der Waals surface area contributed by atoms with Crippen LogP contribution in [-0.2, 0) is 20.7 Å². The number of benzene rings is 1. The predicted molar refractivity (Wildman–Crippen MR) is 96.8 cm³/mol. The lowest BCUT2D eigenvalue weighted by molar-refractivity contribution is -0.129. The summed E-state index contributed by atoms with van der Waals surface area (Å²) in [6.45, 7) is 2.31. The van der Waals surface area contributed by atoms with E-state index in [0.29, 0.717) is 36.1 Å². The second-order valence-corrected chi connectivity index (χ2v) is 7.45. The van der Waals surface area contributed by atoms with Crippen molar-refractivity contribution in [1.82, 2.24) is 10.2 Å². The molecule has 25 heavy (non-hydrogen) atoms. The number of ether oxygens (including phenoxy) is 1. The lowest BCUT2D eigenvalue weighted by Crippen LogP contribution is -2.37. The van der Waals surface area contributed by atoms with Crippen molar-refractivity contribution >= 4 is 35.0 Å². The molecule has 0 saturated carbocycles. The number of hydrogen-bond donors (Lipinski definition) is 1. The number of hydrogen-bond acceptors (Lipinski definition) is 3. The van der Waals surface area contributed by atoms with Crippen LogP contribution in [0.3, 0.4) is 0 Å². The zero-order valence-corrected chi connectivity index (χ0v) is 15.5. The molecule has 2 heterocycles. The number of rotatable bonds is 6. The van der Waals surface area contributed by atoms with Crippen LogP contribution in [0.4, 0.5) is 0 Å². The number of amides is 2. The van der Waals surface area contributed by atoms with Gasteiger partial charge in [0.25, 0.3) is 0 Å². The van der Waals surface area contributed by atoms with E-state index < -0.39 is 0 Å². The van der Waals surface area contributed by atoms with Crippen LogP contribution >= 0.6 is 23.2 Å². The SMILES string of the molecule is O=C(NCC1CCCO1)C1CC(=O)N(CCc2ccc(Cl)cc2Cl)C1. The lowest BCUT2D eigenvalue weighted by atomic mass is 10.1. The maximum Gasteiger partial charge on any atom is 0.225 e. The van der Waals surface area contributed by atoms with Gasteiger partial charge in [0.15, 0.2) is 0 Å². The van der Waals surface area contributed by atoms with Crippen molar-refractivity contribution in [3.8, 4) is 0 Å². The minimum atomic E-state index is -0.283. The molecule has 1 aromatic rings. The van der Waals surface area contributed by atoms with Gasteiger partial charge in [0, 0.05) is 42.7 Å². The lowest BCUT2D eigenvalue weighted by Gasteiger charge is -2.17. The summed E-state index contributed by atoms with van der Waals surface area (Å²) in [5.41, 5.74) is 0.949. The summed E-state index contributed by atoms with van der Waals surface area (Å²) in [6, 6.07) is 5.36. The van der Waals surface area contributed by atoms with E-state index in [-0.39, 0.29) is 30.3 Å². The van der Waals surface area contributed by atoms with E-state index in [0.717, 1.165) is 25.0 Å². The number of nitrogens with one attached hydrogen (secondary N) is 1. The first kappa shape index (κ1) is 18.5. The second kappa shape index (κ2) is 8.39. The van der Waals surface area contributed by atoms with Gasteiger partial charge in [-0.05, 0) is 37.0 Å². The summed E-state index contributed by atoms with van der Waals surface area (Å²) in [5.74, 6) is -0.326. The summed E-state index contributed by atoms with van der Waals surface area (Å²) < 4.78 is 5.50. The fourth-order valence-corrected chi connectivity index (χ4v) is 3.81. The van der Waals surface area contributed by atoms with Crippen molar-refractivity contribution in [1.29, 1.82) is 0 Å². The average Bonchev–Trinajstić information content (AvgIpc) is 3.22. The molecule has 0 bridgehead atoms. The maximum atomic E-state index is 12.3. The molecule has 2 amide bonds. The molecule has 1 aromatic carbocycles. The molecular formula is C18H22Cl2N2O3. The van der Waals surface area contributed by atoms with Crippen molar-refractivity contribution in [3.05, 3.63) is 33.8 Å². The van der Waals surface area contributed by atoms with Gasteiger partial charge >= 0.3 is 0 Å². The Bertz CT molecular complexity index is 647. The highest BCUT2D eigenvalue weighted by molar-refractivity contribution is 6.35. The number of nitrogens with zero attached hydrogens (tertiary/aromatic N) is 1. The van der Waals surface area contributed by atoms with Crippen LogP contribution in [0, 0.1) is 5.92 Å². The van der Waals surface area contributed by atoms with Gasteiger partial charge in [-0.3, -0.25) is 9.59 Å². The van der Waals surface area contributed by atoms with Crippen LogP contribution < -0.4 is 5.32 Å². The number of carbonyl (C=O) groups excluding carboxylic acids is 2. The first-order valence-corrected chi connectivity index (χ1v) is 9.39.